The molecule has 0 amide bonds. The van der Waals surface area contributed by atoms with E-state index in [1.54, 1.807) is 0 Å². The lowest BCUT2D eigenvalue weighted by molar-refractivity contribution is -0.139. The molecule has 1 aliphatic rings. The predicted octanol–water partition coefficient (Wildman–Crippen LogP) is 4.00. The Morgan fingerprint density at radius 1 is 1.35 bits per heavy atom. The predicted molar refractivity (Wildman–Crippen MR) is 88.7 cm³/mol. The maximum absolute atomic E-state index is 13.0. The van der Waals surface area contributed by atoms with Crippen LogP contribution in [0, 0.1) is 19.8 Å². The van der Waals surface area contributed by atoms with Gasteiger partial charge in [0.1, 0.15) is 11.3 Å². The molecule has 1 unspecified atom stereocenters. The number of pyridine rings is 1. The van der Waals surface area contributed by atoms with E-state index in [1.807, 2.05) is 13.8 Å². The van der Waals surface area contributed by atoms with Gasteiger partial charge in [-0.2, -0.15) is 13.2 Å². The lowest BCUT2D eigenvalue weighted by Crippen LogP contribution is -2.37. The van der Waals surface area contributed by atoms with Crippen molar-refractivity contribution in [1.82, 2.24) is 15.0 Å². The van der Waals surface area contributed by atoms with E-state index < -0.39 is 11.7 Å². The minimum absolute atomic E-state index is 0.160. The third kappa shape index (κ3) is 4.35. The van der Waals surface area contributed by atoms with Gasteiger partial charge < -0.3 is 9.26 Å². The highest BCUT2D eigenvalue weighted by atomic mass is 19.4. The molecule has 0 saturated carbocycles. The maximum Gasteiger partial charge on any atom is 0.421 e. The number of hydrogen-bond donors (Lipinski definition) is 0. The molecule has 0 bridgehead atoms. The van der Waals surface area contributed by atoms with Crippen LogP contribution in [0.4, 0.5) is 13.2 Å². The molecule has 1 atom stereocenters. The second kappa shape index (κ2) is 7.65. The van der Waals surface area contributed by atoms with Crippen LogP contribution < -0.4 is 4.74 Å². The van der Waals surface area contributed by atoms with Crippen molar-refractivity contribution in [2.24, 2.45) is 5.92 Å². The number of aryl methyl sites for hydroxylation is 2. The lowest BCUT2D eigenvalue weighted by atomic mass is 9.98. The van der Waals surface area contributed by atoms with Gasteiger partial charge in [-0.3, -0.25) is 4.90 Å². The number of alkyl halides is 3. The Kier molecular flexibility index (Phi) is 5.50. The van der Waals surface area contributed by atoms with E-state index >= 15 is 0 Å². The first-order chi connectivity index (χ1) is 12.3. The summed E-state index contributed by atoms with van der Waals surface area (Å²) in [6.07, 6.45) is -1.25. The smallest absolute Gasteiger partial charge is 0.421 e. The van der Waals surface area contributed by atoms with Crippen molar-refractivity contribution >= 4 is 0 Å². The molecule has 1 aliphatic heterocycles. The van der Waals surface area contributed by atoms with Gasteiger partial charge in [-0.05, 0) is 45.4 Å². The summed E-state index contributed by atoms with van der Waals surface area (Å²) in [6.45, 7) is 6.46. The average Bonchev–Trinajstić information content (AvgIpc) is 2.92. The third-order valence-corrected chi connectivity index (χ3v) is 4.70. The normalized spacial score (nSPS) is 18.9. The number of aromatic nitrogens is 2. The molecule has 0 N–H and O–H groups in total. The monoisotopic (exact) mass is 369 g/mol. The van der Waals surface area contributed by atoms with Crippen molar-refractivity contribution in [2.45, 2.75) is 39.4 Å². The molecule has 3 heterocycles. The quantitative estimate of drug-likeness (QED) is 0.797. The first-order valence-corrected chi connectivity index (χ1v) is 8.63. The van der Waals surface area contributed by atoms with Gasteiger partial charge in [0.05, 0.1) is 12.3 Å². The number of rotatable bonds is 5. The van der Waals surface area contributed by atoms with E-state index in [-0.39, 0.29) is 18.4 Å². The third-order valence-electron chi connectivity index (χ3n) is 4.70. The van der Waals surface area contributed by atoms with E-state index in [4.69, 9.17) is 9.26 Å². The Morgan fingerprint density at radius 2 is 2.15 bits per heavy atom. The van der Waals surface area contributed by atoms with Crippen LogP contribution in [0.3, 0.4) is 0 Å². The summed E-state index contributed by atoms with van der Waals surface area (Å²) in [7, 11) is 0. The molecule has 0 aliphatic carbocycles. The molecule has 142 valence electrons. The molecule has 1 fully saturated rings. The van der Waals surface area contributed by atoms with E-state index in [2.05, 4.69) is 15.0 Å². The summed E-state index contributed by atoms with van der Waals surface area (Å²) in [5.41, 5.74) is 1.13. The molecule has 1 saturated heterocycles. The topological polar surface area (TPSA) is 51.4 Å². The number of piperidine rings is 1. The van der Waals surface area contributed by atoms with Crippen molar-refractivity contribution in [3.8, 4) is 5.88 Å². The molecule has 26 heavy (non-hydrogen) atoms. The van der Waals surface area contributed by atoms with Gasteiger partial charge in [-0.15, -0.1) is 0 Å². The van der Waals surface area contributed by atoms with Crippen molar-refractivity contribution < 1.29 is 22.4 Å². The molecule has 0 spiro atoms. The van der Waals surface area contributed by atoms with Gasteiger partial charge in [0.2, 0.25) is 5.88 Å². The summed E-state index contributed by atoms with van der Waals surface area (Å²) in [5, 5.41) is 3.97. The van der Waals surface area contributed by atoms with Crippen molar-refractivity contribution in [3.63, 3.8) is 0 Å². The SMILES string of the molecule is Cc1noc(C)c1CN1CCCC(COc2ncccc2C(F)(F)F)C1. The highest BCUT2D eigenvalue weighted by Crippen LogP contribution is 2.35. The van der Waals surface area contributed by atoms with Crippen LogP contribution in [0.1, 0.15) is 35.4 Å². The van der Waals surface area contributed by atoms with Crippen LogP contribution in [0.2, 0.25) is 0 Å². The second-order valence-corrected chi connectivity index (χ2v) is 6.71. The molecule has 8 heteroatoms. The van der Waals surface area contributed by atoms with Crippen molar-refractivity contribution in [2.75, 3.05) is 19.7 Å². The fourth-order valence-electron chi connectivity index (χ4n) is 3.30. The minimum Gasteiger partial charge on any atom is -0.477 e. The van der Waals surface area contributed by atoms with Crippen LogP contribution in [-0.4, -0.2) is 34.7 Å². The minimum atomic E-state index is -4.47. The van der Waals surface area contributed by atoms with Gasteiger partial charge in [0.25, 0.3) is 0 Å². The molecule has 3 rings (SSSR count). The molecule has 2 aromatic heterocycles. The molecule has 2 aromatic rings. The van der Waals surface area contributed by atoms with Gasteiger partial charge >= 0.3 is 6.18 Å². The van der Waals surface area contributed by atoms with Gasteiger partial charge in [-0.1, -0.05) is 5.16 Å². The summed E-state index contributed by atoms with van der Waals surface area (Å²) < 4.78 is 49.7. The largest absolute Gasteiger partial charge is 0.477 e. The number of halogens is 3. The zero-order valence-corrected chi connectivity index (χ0v) is 14.8. The summed E-state index contributed by atoms with van der Waals surface area (Å²) >= 11 is 0. The molecular weight excluding hydrogens is 347 g/mol. The van der Waals surface area contributed by atoms with Gasteiger partial charge in [-0.25, -0.2) is 4.98 Å². The van der Waals surface area contributed by atoms with Crippen molar-refractivity contribution in [1.29, 1.82) is 0 Å². The number of hydrogen-bond acceptors (Lipinski definition) is 5. The van der Waals surface area contributed by atoms with E-state index in [0.717, 1.165) is 55.6 Å². The molecule has 0 radical (unpaired) electrons. The lowest BCUT2D eigenvalue weighted by Gasteiger charge is -2.32. The number of ether oxygens (including phenoxy) is 1. The number of nitrogens with zero attached hydrogens (tertiary/aromatic N) is 3. The summed E-state index contributed by atoms with van der Waals surface area (Å²) in [6, 6.07) is 2.26. The summed E-state index contributed by atoms with van der Waals surface area (Å²) in [4.78, 5) is 6.03. The van der Waals surface area contributed by atoms with Crippen molar-refractivity contribution in [3.05, 3.63) is 40.9 Å². The average molecular weight is 369 g/mol. The van der Waals surface area contributed by atoms with E-state index in [9.17, 15) is 13.2 Å². The first kappa shape index (κ1) is 18.7. The van der Waals surface area contributed by atoms with Crippen LogP contribution in [0.25, 0.3) is 0 Å². The fourth-order valence-corrected chi connectivity index (χ4v) is 3.30. The number of likely N-dealkylation sites (tertiary alicyclic amines) is 1. The Balaban J connectivity index is 1.60. The first-order valence-electron chi connectivity index (χ1n) is 8.63. The van der Waals surface area contributed by atoms with Crippen LogP contribution >= 0.6 is 0 Å². The second-order valence-electron chi connectivity index (χ2n) is 6.71. The standard InChI is InChI=1S/C18H22F3N3O2/c1-12-15(13(2)26-23-12)10-24-8-4-5-14(9-24)11-25-17-16(18(19,20)21)6-3-7-22-17/h3,6-7,14H,4-5,8-11H2,1-2H3. The molecule has 0 aromatic carbocycles. The highest BCUT2D eigenvalue weighted by molar-refractivity contribution is 5.28. The fraction of sp³-hybridized carbons (Fsp3) is 0.556. The van der Waals surface area contributed by atoms with Crippen LogP contribution in [-0.2, 0) is 12.7 Å². The highest BCUT2D eigenvalue weighted by Gasteiger charge is 2.35. The Bertz CT molecular complexity index is 726. The zero-order valence-electron chi connectivity index (χ0n) is 14.8. The van der Waals surface area contributed by atoms with Crippen LogP contribution in [0.5, 0.6) is 5.88 Å². The summed E-state index contributed by atoms with van der Waals surface area (Å²) in [5.74, 6) is 0.624. The van der Waals surface area contributed by atoms with Crippen LogP contribution in [0.15, 0.2) is 22.9 Å². The Labute approximate surface area is 150 Å². The maximum atomic E-state index is 13.0. The van der Waals surface area contributed by atoms with E-state index in [0.29, 0.717) is 0 Å². The van der Waals surface area contributed by atoms with Gasteiger partial charge in [0.15, 0.2) is 0 Å². The van der Waals surface area contributed by atoms with Gasteiger partial charge in [0, 0.05) is 30.8 Å². The molecule has 5 nitrogen and oxygen atoms in total. The zero-order chi connectivity index (χ0) is 18.7. The molecular formula is C18H22F3N3O2. The Morgan fingerprint density at radius 3 is 2.85 bits per heavy atom. The van der Waals surface area contributed by atoms with E-state index in [1.165, 1.54) is 12.3 Å². The Hall–Kier alpha value is -2.09.